The van der Waals surface area contributed by atoms with Gasteiger partial charge in [-0.2, -0.15) is 0 Å². The Kier molecular flexibility index (Phi) is 5.99. The number of methoxy groups -OCH3 is 1. The van der Waals surface area contributed by atoms with Gasteiger partial charge in [-0.1, -0.05) is 47.7 Å². The first-order valence-corrected chi connectivity index (χ1v) is 9.72. The van der Waals surface area contributed by atoms with Crippen LogP contribution >= 0.6 is 11.8 Å². The maximum Gasteiger partial charge on any atom is 0.233 e. The number of carbonyl (C=O) groups is 1. The van der Waals surface area contributed by atoms with Gasteiger partial charge in [-0.05, 0) is 42.7 Å². The van der Waals surface area contributed by atoms with E-state index in [9.17, 15) is 4.79 Å². The van der Waals surface area contributed by atoms with Gasteiger partial charge in [0, 0.05) is 12.3 Å². The highest BCUT2D eigenvalue weighted by molar-refractivity contribution is 8.13. The van der Waals surface area contributed by atoms with Gasteiger partial charge in [0.1, 0.15) is 5.75 Å². The van der Waals surface area contributed by atoms with E-state index in [-0.39, 0.29) is 5.91 Å². The van der Waals surface area contributed by atoms with Crippen LogP contribution in [0.3, 0.4) is 0 Å². The number of nitrogens with zero attached hydrogens (tertiary/aromatic N) is 2. The van der Waals surface area contributed by atoms with Crippen molar-refractivity contribution in [3.63, 3.8) is 0 Å². The summed E-state index contributed by atoms with van der Waals surface area (Å²) in [6.45, 7) is 5.58. The maximum absolute atomic E-state index is 12.7. The van der Waals surface area contributed by atoms with E-state index in [1.807, 2.05) is 29.2 Å². The Morgan fingerprint density at radius 3 is 2.69 bits per heavy atom. The third-order valence-corrected chi connectivity index (χ3v) is 5.54. The molecular weight excluding hydrogens is 344 g/mol. The van der Waals surface area contributed by atoms with E-state index in [2.05, 4.69) is 37.0 Å². The number of ether oxygens (including phenoxy) is 1. The number of amidine groups is 1. The predicted molar refractivity (Wildman–Crippen MR) is 108 cm³/mol. The Hall–Kier alpha value is -2.27. The number of amides is 1. The molecule has 0 saturated carbocycles. The number of aliphatic imine (C=N–C) groups is 1. The summed E-state index contributed by atoms with van der Waals surface area (Å²) in [4.78, 5) is 19.1. The minimum absolute atomic E-state index is 0.0971. The van der Waals surface area contributed by atoms with Crippen molar-refractivity contribution in [3.8, 4) is 5.75 Å². The second-order valence-corrected chi connectivity index (χ2v) is 7.40. The van der Waals surface area contributed by atoms with Crippen LogP contribution < -0.4 is 4.74 Å². The van der Waals surface area contributed by atoms with Crippen LogP contribution in [0.1, 0.15) is 22.3 Å². The van der Waals surface area contributed by atoms with Gasteiger partial charge in [-0.3, -0.25) is 14.7 Å². The van der Waals surface area contributed by atoms with Crippen molar-refractivity contribution in [1.82, 2.24) is 4.90 Å². The molecule has 0 fully saturated rings. The maximum atomic E-state index is 12.7. The van der Waals surface area contributed by atoms with Gasteiger partial charge in [0.05, 0.1) is 20.1 Å². The minimum Gasteiger partial charge on any atom is -0.497 e. The van der Waals surface area contributed by atoms with Gasteiger partial charge >= 0.3 is 0 Å². The van der Waals surface area contributed by atoms with Gasteiger partial charge in [-0.25, -0.2) is 0 Å². The number of benzene rings is 2. The molecule has 4 nitrogen and oxygen atoms in total. The van der Waals surface area contributed by atoms with Gasteiger partial charge < -0.3 is 4.74 Å². The minimum atomic E-state index is 0.0971. The van der Waals surface area contributed by atoms with Crippen molar-refractivity contribution in [2.75, 3.05) is 20.2 Å². The van der Waals surface area contributed by atoms with Crippen molar-refractivity contribution in [2.45, 2.75) is 26.0 Å². The lowest BCUT2D eigenvalue weighted by atomic mass is 10.1. The molecule has 1 aliphatic rings. The lowest BCUT2D eigenvalue weighted by Gasteiger charge is -2.18. The molecule has 1 aliphatic heterocycles. The first-order chi connectivity index (χ1) is 12.6. The third-order valence-electron chi connectivity index (χ3n) is 4.48. The molecule has 3 rings (SSSR count). The Balaban J connectivity index is 1.61. The molecule has 0 spiro atoms. The first-order valence-electron chi connectivity index (χ1n) is 8.73. The quantitative estimate of drug-likeness (QED) is 0.801. The van der Waals surface area contributed by atoms with Gasteiger partial charge in [-0.15, -0.1) is 0 Å². The van der Waals surface area contributed by atoms with Crippen molar-refractivity contribution >= 4 is 22.8 Å². The monoisotopic (exact) mass is 368 g/mol. The third kappa shape index (κ3) is 4.47. The number of hydrogen-bond acceptors (Lipinski definition) is 4. The molecule has 1 heterocycles. The molecule has 0 radical (unpaired) electrons. The van der Waals surface area contributed by atoms with Crippen LogP contribution in [0.5, 0.6) is 5.75 Å². The second-order valence-electron chi connectivity index (χ2n) is 6.45. The molecule has 0 aliphatic carbocycles. The fraction of sp³-hybridized carbons (Fsp3) is 0.333. The second kappa shape index (κ2) is 8.41. The number of aryl methyl sites for hydroxylation is 2. The van der Waals surface area contributed by atoms with Gasteiger partial charge in [0.15, 0.2) is 5.17 Å². The Bertz CT molecular complexity index is 815. The standard InChI is InChI=1S/C21H24N2O2S/c1-15-4-5-16(2)18(12-15)14-26-21-22-10-11-23(21)20(24)13-17-6-8-19(25-3)9-7-17/h4-9,12H,10-11,13-14H2,1-3H3. The van der Waals surface area contributed by atoms with Crippen molar-refractivity contribution in [3.05, 3.63) is 64.7 Å². The van der Waals surface area contributed by atoms with E-state index >= 15 is 0 Å². The topological polar surface area (TPSA) is 41.9 Å². The molecule has 136 valence electrons. The molecular formula is C21H24N2O2S. The van der Waals surface area contributed by atoms with Gasteiger partial charge in [0.2, 0.25) is 5.91 Å². The summed E-state index contributed by atoms with van der Waals surface area (Å²) < 4.78 is 5.17. The highest BCUT2D eigenvalue weighted by atomic mass is 32.2. The molecule has 0 unspecified atom stereocenters. The van der Waals surface area contributed by atoms with E-state index in [4.69, 9.17) is 4.74 Å². The summed E-state index contributed by atoms with van der Waals surface area (Å²) in [6, 6.07) is 14.1. The SMILES string of the molecule is COc1ccc(CC(=O)N2CCN=C2SCc2cc(C)ccc2C)cc1. The number of hydrogen-bond donors (Lipinski definition) is 0. The summed E-state index contributed by atoms with van der Waals surface area (Å²) in [7, 11) is 1.64. The molecule has 0 aromatic heterocycles. The number of rotatable bonds is 5. The van der Waals surface area contributed by atoms with Crippen molar-refractivity contribution in [1.29, 1.82) is 0 Å². The molecule has 1 amide bonds. The first kappa shape index (κ1) is 18.5. The lowest BCUT2D eigenvalue weighted by molar-refractivity contribution is -0.126. The zero-order valence-corrected chi connectivity index (χ0v) is 16.3. The molecule has 5 heteroatoms. The van der Waals surface area contributed by atoms with E-state index in [0.29, 0.717) is 19.5 Å². The lowest BCUT2D eigenvalue weighted by Crippen LogP contribution is -2.34. The van der Waals surface area contributed by atoms with Crippen LogP contribution in [0.15, 0.2) is 47.5 Å². The highest BCUT2D eigenvalue weighted by Crippen LogP contribution is 2.23. The summed E-state index contributed by atoms with van der Waals surface area (Å²) in [5.74, 6) is 1.73. The summed E-state index contributed by atoms with van der Waals surface area (Å²) in [5.41, 5.74) is 4.82. The summed E-state index contributed by atoms with van der Waals surface area (Å²) >= 11 is 1.65. The van der Waals surface area contributed by atoms with Crippen molar-refractivity contribution in [2.24, 2.45) is 4.99 Å². The average Bonchev–Trinajstić information content (AvgIpc) is 3.12. The largest absolute Gasteiger partial charge is 0.497 e. The van der Waals surface area contributed by atoms with E-state index < -0.39 is 0 Å². The fourth-order valence-electron chi connectivity index (χ4n) is 2.89. The molecule has 0 saturated heterocycles. The number of carbonyl (C=O) groups excluding carboxylic acids is 1. The van der Waals surface area contributed by atoms with Crippen LogP contribution in [0.4, 0.5) is 0 Å². The van der Waals surface area contributed by atoms with E-state index in [1.165, 1.54) is 16.7 Å². The predicted octanol–water partition coefficient (Wildman–Crippen LogP) is 3.99. The van der Waals surface area contributed by atoms with Crippen LogP contribution in [-0.4, -0.2) is 36.2 Å². The fourth-order valence-corrected chi connectivity index (χ4v) is 4.02. The van der Waals surface area contributed by atoms with Gasteiger partial charge in [0.25, 0.3) is 0 Å². The Morgan fingerprint density at radius 1 is 1.19 bits per heavy atom. The van der Waals surface area contributed by atoms with Crippen LogP contribution in [0.2, 0.25) is 0 Å². The van der Waals surface area contributed by atoms with Crippen LogP contribution in [0, 0.1) is 13.8 Å². The summed E-state index contributed by atoms with van der Waals surface area (Å²) in [6.07, 6.45) is 0.382. The van der Waals surface area contributed by atoms with Crippen LogP contribution in [-0.2, 0) is 17.0 Å². The van der Waals surface area contributed by atoms with E-state index in [0.717, 1.165) is 22.2 Å². The molecule has 2 aromatic carbocycles. The Labute approximate surface area is 159 Å². The van der Waals surface area contributed by atoms with Crippen molar-refractivity contribution < 1.29 is 9.53 Å². The zero-order chi connectivity index (χ0) is 18.5. The zero-order valence-electron chi connectivity index (χ0n) is 15.5. The molecule has 0 N–H and O–H groups in total. The normalized spacial score (nSPS) is 13.7. The molecule has 26 heavy (non-hydrogen) atoms. The van der Waals surface area contributed by atoms with E-state index in [1.54, 1.807) is 18.9 Å². The number of thioether (sulfide) groups is 1. The van der Waals surface area contributed by atoms with Crippen LogP contribution in [0.25, 0.3) is 0 Å². The summed E-state index contributed by atoms with van der Waals surface area (Å²) in [5, 5.41) is 0.837. The Morgan fingerprint density at radius 2 is 1.96 bits per heavy atom. The molecule has 2 aromatic rings. The molecule has 0 atom stereocenters. The average molecular weight is 369 g/mol. The molecule has 0 bridgehead atoms. The highest BCUT2D eigenvalue weighted by Gasteiger charge is 2.24. The smallest absolute Gasteiger partial charge is 0.233 e.